The number of rotatable bonds is 22. The Labute approximate surface area is 457 Å². The number of epoxide rings is 2. The highest BCUT2D eigenvalue weighted by Crippen LogP contribution is 2.67. The Morgan fingerprint density at radius 1 is 0.600 bits per heavy atom. The first-order valence-electron chi connectivity index (χ1n) is 29.8. The lowest BCUT2D eigenvalue weighted by Crippen LogP contribution is -2.46. The highest BCUT2D eigenvalue weighted by Gasteiger charge is 2.75. The highest BCUT2D eigenvalue weighted by atomic mass is 16.6. The Hall–Kier alpha value is -3.42. The second-order valence-corrected chi connectivity index (χ2v) is 27.8. The zero-order valence-corrected chi connectivity index (χ0v) is 50.3. The van der Waals surface area contributed by atoms with Gasteiger partial charge in [-0.3, -0.25) is 0 Å². The second kappa shape index (κ2) is 23.1. The zero-order valence-electron chi connectivity index (χ0n) is 50.3. The van der Waals surface area contributed by atoms with E-state index in [9.17, 15) is 10.2 Å². The van der Waals surface area contributed by atoms with E-state index in [1.807, 2.05) is 0 Å². The van der Waals surface area contributed by atoms with Crippen molar-refractivity contribution in [3.05, 3.63) is 117 Å². The lowest BCUT2D eigenvalue weighted by molar-refractivity contribution is 0.0501. The molecule has 2 saturated carbocycles. The van der Waals surface area contributed by atoms with Crippen LogP contribution in [-0.2, 0) is 22.3 Å². The number of benzene rings is 1. The molecule has 2 aliphatic carbocycles. The molecule has 75 heavy (non-hydrogen) atoms. The quantitative estimate of drug-likeness (QED) is 0.0889. The lowest BCUT2D eigenvalue weighted by atomic mass is 9.63. The van der Waals surface area contributed by atoms with Crippen LogP contribution in [0.3, 0.4) is 0 Å². The third kappa shape index (κ3) is 13.0. The Kier molecular flexibility index (Phi) is 18.3. The molecule has 4 aliphatic heterocycles. The van der Waals surface area contributed by atoms with Gasteiger partial charge in [0.25, 0.3) is 0 Å². The van der Waals surface area contributed by atoms with E-state index in [2.05, 4.69) is 191 Å². The predicted molar refractivity (Wildman–Crippen MR) is 314 cm³/mol. The van der Waals surface area contributed by atoms with Crippen LogP contribution in [0.5, 0.6) is 11.5 Å². The molecule has 4 heterocycles. The van der Waals surface area contributed by atoms with Crippen molar-refractivity contribution in [1.82, 2.24) is 0 Å². The molecule has 6 nitrogen and oxygen atoms in total. The van der Waals surface area contributed by atoms with Crippen LogP contribution in [0.2, 0.25) is 0 Å². The number of hydrogen-bond acceptors (Lipinski definition) is 6. The molecule has 6 heteroatoms. The summed E-state index contributed by atoms with van der Waals surface area (Å²) in [7, 11) is 0. The van der Waals surface area contributed by atoms with Gasteiger partial charge in [-0.25, -0.2) is 0 Å². The van der Waals surface area contributed by atoms with Gasteiger partial charge in [0.05, 0.1) is 12.2 Å². The Morgan fingerprint density at radius 3 is 1.68 bits per heavy atom. The molecule has 0 spiro atoms. The molecule has 2 saturated heterocycles. The summed E-state index contributed by atoms with van der Waals surface area (Å²) in [5.41, 5.74) is 7.96. The number of allylic oxidation sites excluding steroid dienone is 12. The van der Waals surface area contributed by atoms with E-state index in [4.69, 9.17) is 18.9 Å². The molecule has 6 aliphatic rings. The molecule has 1 aromatic rings. The van der Waals surface area contributed by atoms with E-state index in [1.165, 1.54) is 84.8 Å². The molecular weight excluding hydrogens is 925 g/mol. The minimum Gasteiger partial charge on any atom is -0.487 e. The Morgan fingerprint density at radius 2 is 1.11 bits per heavy atom. The van der Waals surface area contributed by atoms with Crippen molar-refractivity contribution >= 4 is 0 Å². The van der Waals surface area contributed by atoms with Crippen LogP contribution in [0, 0.1) is 48.3 Å². The highest BCUT2D eigenvalue weighted by molar-refractivity contribution is 5.61. The van der Waals surface area contributed by atoms with Crippen LogP contribution in [0.4, 0.5) is 0 Å². The maximum absolute atomic E-state index is 10.7. The van der Waals surface area contributed by atoms with Crippen molar-refractivity contribution in [2.24, 2.45) is 34.5 Å². The van der Waals surface area contributed by atoms with Gasteiger partial charge in [-0.15, -0.1) is 0 Å². The van der Waals surface area contributed by atoms with Gasteiger partial charge in [0.15, 0.2) is 0 Å². The number of fused-ring (bicyclic) bond motifs is 5. The van der Waals surface area contributed by atoms with Gasteiger partial charge in [-0.2, -0.15) is 0 Å². The van der Waals surface area contributed by atoms with Gasteiger partial charge >= 0.3 is 0 Å². The topological polar surface area (TPSA) is 84.0 Å². The van der Waals surface area contributed by atoms with Gasteiger partial charge in [0.1, 0.15) is 45.6 Å². The maximum atomic E-state index is 10.7. The number of aliphatic hydroxyl groups excluding tert-OH is 2. The lowest BCUT2D eigenvalue weighted by Gasteiger charge is -2.41. The zero-order chi connectivity index (χ0) is 54.9. The van der Waals surface area contributed by atoms with E-state index >= 15 is 0 Å². The van der Waals surface area contributed by atoms with Crippen molar-refractivity contribution in [2.45, 2.75) is 267 Å². The molecular formula is C69H104O6. The standard InChI is InChI=1S/C69H104O6/c1-46(2)24-20-26-48(4)28-21-29-49(5)31-23-36-65(15)37-35-58-59-41-55(40-51(7)34-39-69-64(13,14)43-57(71)45-67(69,17)75-69)60(72-61(59)53(9)54(10)62(58)73-65)52(8)32-19-18-25-47(3)27-22-30-50(6)33-38-68-63(11,12)42-56(70)44-66(68,16)74-68/h18-19,22,25,27,30,32-34,38-40,46,48-49,55-57,60,70-71H,20-21,23-24,26,28-29,31,35-37,41-45H2,1-17H3/t48-,49-,55+,56+,57+,60-,65-,66-,67-,68+,69+/m1/s1. The van der Waals surface area contributed by atoms with Crippen molar-refractivity contribution in [3.8, 4) is 11.5 Å². The fraction of sp³-hybridized carbons (Fsp3) is 0.681. The molecule has 1 aromatic carbocycles. The van der Waals surface area contributed by atoms with Crippen LogP contribution in [-0.4, -0.2) is 56.5 Å². The first-order valence-corrected chi connectivity index (χ1v) is 29.8. The second-order valence-electron chi connectivity index (χ2n) is 27.8. The predicted octanol–water partition coefficient (Wildman–Crippen LogP) is 17.2. The summed E-state index contributed by atoms with van der Waals surface area (Å²) in [6.45, 7) is 38.3. The Bertz CT molecular complexity index is 2450. The van der Waals surface area contributed by atoms with Crippen LogP contribution < -0.4 is 9.47 Å². The summed E-state index contributed by atoms with van der Waals surface area (Å²) in [5, 5.41) is 21.2. The molecule has 4 fully saturated rings. The molecule has 11 atom stereocenters. The van der Waals surface area contributed by atoms with Gasteiger partial charge in [-0.1, -0.05) is 178 Å². The fourth-order valence-corrected chi connectivity index (χ4v) is 14.7. The van der Waals surface area contributed by atoms with E-state index in [0.717, 1.165) is 78.9 Å². The number of ether oxygens (including phenoxy) is 4. The van der Waals surface area contributed by atoms with E-state index in [-0.39, 0.29) is 63.1 Å². The Balaban J connectivity index is 1.05. The van der Waals surface area contributed by atoms with E-state index in [0.29, 0.717) is 12.8 Å². The number of aliphatic hydroxyl groups is 2. The van der Waals surface area contributed by atoms with Gasteiger partial charge in [0, 0.05) is 40.7 Å². The molecule has 0 bridgehead atoms. The summed E-state index contributed by atoms with van der Waals surface area (Å²) in [4.78, 5) is 0. The van der Waals surface area contributed by atoms with Crippen LogP contribution in [0.15, 0.2) is 95.2 Å². The first kappa shape index (κ1) is 59.2. The summed E-state index contributed by atoms with van der Waals surface area (Å²) >= 11 is 0. The molecule has 7 rings (SSSR count). The minimum absolute atomic E-state index is 0.112. The maximum Gasteiger partial charge on any atom is 0.127 e. The smallest absolute Gasteiger partial charge is 0.127 e. The van der Waals surface area contributed by atoms with Crippen molar-refractivity contribution in [3.63, 3.8) is 0 Å². The average Bonchev–Trinajstić information content (AvgIpc) is 4.16. The average molecular weight is 1030 g/mol. The normalized spacial score (nSPS) is 34.3. The molecule has 0 unspecified atom stereocenters. The third-order valence-electron chi connectivity index (χ3n) is 19.4. The van der Waals surface area contributed by atoms with Crippen LogP contribution in [0.25, 0.3) is 0 Å². The summed E-state index contributed by atoms with van der Waals surface area (Å²) in [5.74, 6) is 4.67. The van der Waals surface area contributed by atoms with Gasteiger partial charge in [0.2, 0.25) is 0 Å². The summed E-state index contributed by atoms with van der Waals surface area (Å²) < 4.78 is 27.4. The molecule has 0 amide bonds. The van der Waals surface area contributed by atoms with Crippen molar-refractivity contribution in [2.75, 3.05) is 0 Å². The largest absolute Gasteiger partial charge is 0.487 e. The molecule has 416 valence electrons. The van der Waals surface area contributed by atoms with E-state index < -0.39 is 0 Å². The summed E-state index contributed by atoms with van der Waals surface area (Å²) in [6.07, 6.45) is 43.2. The SMILES string of the molecule is CC(C=CC=C(C)C=C[C@@]12O[C@]1(C)C[C@@H](O)CC2(C)C)=CC=CC=C(C)[C@H]1Oc2c(C)c(C)c3c(c2C[C@@H]1C=C(C)C=C[C@@]12O[C@]1(C)C[C@@H](O)CC2(C)C)CC[C@@](C)(CCC[C@H](C)CCC[C@H](C)CCCC(C)C)O3. The monoisotopic (exact) mass is 1030 g/mol. The van der Waals surface area contributed by atoms with Crippen molar-refractivity contribution in [1.29, 1.82) is 0 Å². The minimum atomic E-state index is -0.385. The molecule has 0 radical (unpaired) electrons. The van der Waals surface area contributed by atoms with Gasteiger partial charge < -0.3 is 29.2 Å². The van der Waals surface area contributed by atoms with Gasteiger partial charge in [-0.05, 0) is 154 Å². The first-order chi connectivity index (χ1) is 35.1. The van der Waals surface area contributed by atoms with Crippen LogP contribution >= 0.6 is 0 Å². The third-order valence-corrected chi connectivity index (χ3v) is 19.4. The number of hydrogen-bond donors (Lipinski definition) is 2. The molecule has 0 aromatic heterocycles. The fourth-order valence-electron chi connectivity index (χ4n) is 14.7. The summed E-state index contributed by atoms with van der Waals surface area (Å²) in [6, 6.07) is 0. The molecule has 2 N–H and O–H groups in total. The van der Waals surface area contributed by atoms with Crippen molar-refractivity contribution < 1.29 is 29.2 Å². The van der Waals surface area contributed by atoms with E-state index in [1.54, 1.807) is 0 Å². The van der Waals surface area contributed by atoms with Crippen LogP contribution in [0.1, 0.15) is 216 Å².